The summed E-state index contributed by atoms with van der Waals surface area (Å²) in [5, 5.41) is 78.9. The second-order valence-corrected chi connectivity index (χ2v) is 20.9. The standard InChI is InChI=1S/C33H35FN2O6.C33H35FN2O5.Ca.2Na.2H/c1-20(2)29-28(32(40)35-24-11-7-4-8-12-24)27(21-9-5-3-6-10-21)30(22-13-15-23(34)16-14-22)36(29)18-17-25(37)19-26(38)31(39)33(41)42;1-21(2)31-30(33(41)35-25-11-7-4-8-12-25)29(22-9-5-3-6-10-22)32(23-13-15-24(34)16-14-23)36(31)18-17-26(37)19-27(38)20-28(39)40;;;;;/h3-16,20,25-26,31,37-39H,17-19H2,1-2H3,(H,35,40)(H,41,42);3-16,21,26-27,37-38H,17-20H2,1-2H3,(H,35,41)(H,39,40);;;;;/q;;+2;;;;/p-2/t25-,26-,31?;26-,27-;;;;;/m11...../s1. The molecular formula is C66H70CaF2N4Na2O11. The number of rotatable bonds is 24. The van der Waals surface area contributed by atoms with Gasteiger partial charge in [-0.3, -0.25) is 9.59 Å². The molecule has 5 atom stereocenters. The van der Waals surface area contributed by atoms with Gasteiger partial charge in [0.25, 0.3) is 11.8 Å². The van der Waals surface area contributed by atoms with Crippen molar-refractivity contribution in [1.29, 1.82) is 0 Å². The van der Waals surface area contributed by atoms with Crippen molar-refractivity contribution in [2.45, 2.75) is 115 Å². The number of carboxylic acid groups (broad SMARTS) is 2. The van der Waals surface area contributed by atoms with Gasteiger partial charge in [0.1, 0.15) is 17.7 Å². The predicted molar refractivity (Wildman–Crippen MR) is 331 cm³/mol. The van der Waals surface area contributed by atoms with Crippen molar-refractivity contribution in [2.24, 2.45) is 0 Å². The molecule has 2 heterocycles. The summed E-state index contributed by atoms with van der Waals surface area (Å²) in [5.74, 6) is -4.95. The summed E-state index contributed by atoms with van der Waals surface area (Å²) in [4.78, 5) is 49.9. The van der Waals surface area contributed by atoms with Crippen LogP contribution in [0, 0.1) is 11.6 Å². The first kappa shape index (κ1) is 73.2. The molecule has 0 spiro atoms. The quantitative estimate of drug-likeness (QED) is 0.0297. The Morgan fingerprint density at radius 1 is 0.477 bits per heavy atom. The molecule has 0 radical (unpaired) electrons. The van der Waals surface area contributed by atoms with Crippen LogP contribution < -0.4 is 20.8 Å². The van der Waals surface area contributed by atoms with Crippen molar-refractivity contribution >= 4 is 132 Å². The first-order chi connectivity index (χ1) is 39.7. The van der Waals surface area contributed by atoms with Crippen LogP contribution in [-0.2, 0) is 22.7 Å². The van der Waals surface area contributed by atoms with Crippen LogP contribution in [0.4, 0.5) is 20.2 Å². The van der Waals surface area contributed by atoms with Crippen molar-refractivity contribution in [3.05, 3.63) is 204 Å². The first-order valence-corrected chi connectivity index (χ1v) is 27.4. The summed E-state index contributed by atoms with van der Waals surface area (Å²) < 4.78 is 31.9. The number of benzene rings is 6. The molecule has 8 aromatic rings. The fourth-order valence-corrected chi connectivity index (χ4v) is 10.4. The summed E-state index contributed by atoms with van der Waals surface area (Å²) in [6.07, 6.45) is -8.14. The first-order valence-electron chi connectivity index (χ1n) is 27.4. The van der Waals surface area contributed by atoms with Gasteiger partial charge >= 0.3 is 96.9 Å². The minimum atomic E-state index is -2.13. The number of aliphatic carboxylic acids is 2. The number of carboxylic acids is 2. The Bertz CT molecular complexity index is 3450. The summed E-state index contributed by atoms with van der Waals surface area (Å²) in [6.45, 7) is 8.30. The molecule has 7 N–H and O–H groups in total. The Labute approximate surface area is 573 Å². The molecule has 0 aliphatic heterocycles. The molecule has 0 bridgehead atoms. The molecule has 0 saturated carbocycles. The van der Waals surface area contributed by atoms with E-state index in [1.807, 2.05) is 134 Å². The zero-order valence-corrected chi connectivity index (χ0v) is 49.4. The molecule has 2 aromatic heterocycles. The van der Waals surface area contributed by atoms with Crippen LogP contribution in [0.15, 0.2) is 170 Å². The van der Waals surface area contributed by atoms with Gasteiger partial charge in [0.05, 0.1) is 52.9 Å². The maximum atomic E-state index is 14.1. The van der Waals surface area contributed by atoms with Crippen molar-refractivity contribution in [2.75, 3.05) is 10.6 Å². The van der Waals surface area contributed by atoms with E-state index in [2.05, 4.69) is 10.6 Å². The van der Waals surface area contributed by atoms with Gasteiger partial charge in [-0.2, -0.15) is 0 Å². The normalized spacial score (nSPS) is 12.7. The fourth-order valence-electron chi connectivity index (χ4n) is 10.4. The van der Waals surface area contributed by atoms with Crippen molar-refractivity contribution < 1.29 is 63.7 Å². The number of para-hydroxylation sites is 2. The van der Waals surface area contributed by atoms with E-state index >= 15 is 0 Å². The topological polar surface area (TPSA) is 249 Å². The number of aliphatic hydroxyl groups is 5. The maximum absolute atomic E-state index is 14.1. The monoisotopic (exact) mass is 1220 g/mol. The Morgan fingerprint density at radius 2 is 0.814 bits per heavy atom. The molecule has 0 saturated heterocycles. The Morgan fingerprint density at radius 3 is 1.14 bits per heavy atom. The zero-order chi connectivity index (χ0) is 59.9. The van der Waals surface area contributed by atoms with Gasteiger partial charge in [-0.15, -0.1) is 0 Å². The Hall–Kier alpha value is -5.32. The molecule has 1 unspecified atom stereocenters. The molecule has 2 amide bonds. The Balaban J connectivity index is 0.000000356. The predicted octanol–water partition coefficient (Wildman–Crippen LogP) is 7.25. The number of aliphatic hydroxyl groups excluding tert-OH is 5. The molecule has 438 valence electrons. The van der Waals surface area contributed by atoms with Crippen molar-refractivity contribution in [1.82, 2.24) is 9.13 Å². The number of nitrogens with zero attached hydrogens (tertiary/aromatic N) is 2. The summed E-state index contributed by atoms with van der Waals surface area (Å²) >= 11 is 0. The van der Waals surface area contributed by atoms with Crippen LogP contribution in [0.3, 0.4) is 0 Å². The van der Waals surface area contributed by atoms with Gasteiger partial charge in [-0.1, -0.05) is 125 Å². The van der Waals surface area contributed by atoms with E-state index in [-0.39, 0.29) is 153 Å². The van der Waals surface area contributed by atoms with Gasteiger partial charge in [-0.05, 0) is 126 Å². The third-order valence-corrected chi connectivity index (χ3v) is 14.0. The molecule has 86 heavy (non-hydrogen) atoms. The van der Waals surface area contributed by atoms with E-state index in [1.54, 1.807) is 48.5 Å². The third kappa shape index (κ3) is 19.3. The number of halogens is 2. The van der Waals surface area contributed by atoms with E-state index in [0.29, 0.717) is 61.8 Å². The number of hydrogen-bond acceptors (Lipinski definition) is 11. The Kier molecular flexibility index (Phi) is 29.8. The summed E-state index contributed by atoms with van der Waals surface area (Å²) in [6, 6.07) is 49.1. The average molecular weight is 1220 g/mol. The van der Waals surface area contributed by atoms with Crippen LogP contribution in [0.5, 0.6) is 0 Å². The summed E-state index contributed by atoms with van der Waals surface area (Å²) in [7, 11) is 0. The number of anilines is 2. The zero-order valence-electron chi connectivity index (χ0n) is 47.2. The van der Waals surface area contributed by atoms with Crippen molar-refractivity contribution in [3.63, 3.8) is 0 Å². The number of aromatic nitrogens is 2. The van der Waals surface area contributed by atoms with Crippen LogP contribution in [0.2, 0.25) is 0 Å². The molecular weight excluding hydrogens is 1150 g/mol. The molecule has 8 rings (SSSR count). The SMILES string of the molecule is CC(C)c1c(C(=O)Nc2ccccc2)c(-c2ccccc2)c(-c2ccc(F)cc2)n1CC[C@@H](O)C[C@@H](O)C(O)C(=O)[O-].CC(C)c1c(C(=O)Nc2ccccc2)c(-c2ccccc2)c(-c2ccc(F)cc2)n1CC[C@@H](O)C[C@@H](O)CC(=O)[O-].[Ca+2].[NaH].[NaH]. The number of hydrogen-bond donors (Lipinski definition) is 7. The molecule has 20 heteroatoms. The summed E-state index contributed by atoms with van der Waals surface area (Å²) in [5.41, 5.74) is 9.15. The van der Waals surface area contributed by atoms with Gasteiger partial charge in [0.15, 0.2) is 0 Å². The number of amides is 2. The van der Waals surface area contributed by atoms with Crippen LogP contribution >= 0.6 is 0 Å². The third-order valence-electron chi connectivity index (χ3n) is 14.0. The molecule has 0 aliphatic rings. The van der Waals surface area contributed by atoms with E-state index in [9.17, 15) is 63.7 Å². The van der Waals surface area contributed by atoms with Crippen LogP contribution in [-0.4, -0.2) is 186 Å². The van der Waals surface area contributed by atoms with E-state index in [0.717, 1.165) is 16.8 Å². The minimum absolute atomic E-state index is 0. The number of carbonyl (C=O) groups excluding carboxylic acids is 4. The van der Waals surface area contributed by atoms with E-state index < -0.39 is 66.9 Å². The van der Waals surface area contributed by atoms with Crippen molar-refractivity contribution in [3.8, 4) is 44.8 Å². The molecule has 6 aromatic carbocycles. The molecule has 15 nitrogen and oxygen atoms in total. The number of nitrogens with one attached hydrogen (secondary N) is 2. The fraction of sp³-hybridized carbons (Fsp3) is 0.273. The average Bonchev–Trinajstić information content (AvgIpc) is 1.64. The van der Waals surface area contributed by atoms with Gasteiger partial charge in [-0.25, -0.2) is 8.78 Å². The van der Waals surface area contributed by atoms with E-state index in [1.165, 1.54) is 24.3 Å². The van der Waals surface area contributed by atoms with Crippen LogP contribution in [0.25, 0.3) is 44.8 Å². The molecule has 0 fully saturated rings. The number of carbonyl (C=O) groups is 4. The van der Waals surface area contributed by atoms with Gasteiger partial charge < -0.3 is 65.1 Å². The van der Waals surface area contributed by atoms with E-state index in [4.69, 9.17) is 0 Å². The second kappa shape index (κ2) is 35.0. The molecule has 0 aliphatic carbocycles. The van der Waals surface area contributed by atoms with Crippen LogP contribution in [0.1, 0.15) is 104 Å². The van der Waals surface area contributed by atoms with Gasteiger partial charge in [0.2, 0.25) is 0 Å². The second-order valence-electron chi connectivity index (χ2n) is 20.9. The van der Waals surface area contributed by atoms with Gasteiger partial charge in [0, 0.05) is 65.8 Å².